The minimum Gasteiger partial charge on any atom is -0.394 e. The summed E-state index contributed by atoms with van der Waals surface area (Å²) in [6.45, 7) is 4.32. The van der Waals surface area contributed by atoms with Gasteiger partial charge < -0.3 is 15.5 Å². The van der Waals surface area contributed by atoms with Gasteiger partial charge in [-0.1, -0.05) is 344 Å². The molecule has 4 heteroatoms. The van der Waals surface area contributed by atoms with Gasteiger partial charge in [0.15, 0.2) is 0 Å². The lowest BCUT2D eigenvalue weighted by Gasteiger charge is -2.19. The van der Waals surface area contributed by atoms with Crippen molar-refractivity contribution in [3.8, 4) is 0 Å². The summed E-state index contributed by atoms with van der Waals surface area (Å²) in [5.74, 6) is -0.0728. The molecule has 2 unspecified atom stereocenters. The molecule has 0 radical (unpaired) electrons. The number of carbonyl (C=O) groups is 1. The number of aliphatic hydroxyl groups excluding tert-OH is 2. The Kier molecular flexibility index (Phi) is 64.7. The molecule has 0 fully saturated rings. The molecule has 0 saturated carbocycles. The van der Waals surface area contributed by atoms with Crippen molar-refractivity contribution in [2.45, 2.75) is 379 Å². The van der Waals surface area contributed by atoms with E-state index in [9.17, 15) is 15.0 Å². The van der Waals surface area contributed by atoms with E-state index in [0.717, 1.165) is 44.9 Å². The van der Waals surface area contributed by atoms with Gasteiger partial charge in [-0.2, -0.15) is 0 Å². The summed E-state index contributed by atoms with van der Waals surface area (Å²) in [6.07, 6.45) is 94.5. The molecule has 0 aromatic heterocycles. The van der Waals surface area contributed by atoms with E-state index in [2.05, 4.69) is 67.8 Å². The predicted molar refractivity (Wildman–Crippen MR) is 336 cm³/mol. The molecular formula is C71H133NO3. The summed E-state index contributed by atoms with van der Waals surface area (Å²) in [7, 11) is 0. The van der Waals surface area contributed by atoms with Gasteiger partial charge in [0.05, 0.1) is 18.8 Å². The van der Waals surface area contributed by atoms with Gasteiger partial charge in [-0.3, -0.25) is 4.79 Å². The van der Waals surface area contributed by atoms with Gasteiger partial charge >= 0.3 is 0 Å². The number of hydrogen-bond acceptors (Lipinski definition) is 3. The third-order valence-electron chi connectivity index (χ3n) is 15.7. The quantitative estimate of drug-likeness (QED) is 0.0420. The topological polar surface area (TPSA) is 69.6 Å². The third-order valence-corrected chi connectivity index (χ3v) is 15.7. The Labute approximate surface area is 470 Å². The Morgan fingerprint density at radius 2 is 0.560 bits per heavy atom. The Balaban J connectivity index is 3.49. The molecule has 2 atom stereocenters. The molecule has 75 heavy (non-hydrogen) atoms. The summed E-state index contributed by atoms with van der Waals surface area (Å²) in [5.41, 5.74) is 0. The molecule has 1 amide bonds. The maximum atomic E-state index is 12.5. The van der Waals surface area contributed by atoms with Gasteiger partial charge in [0.1, 0.15) is 0 Å². The summed E-state index contributed by atoms with van der Waals surface area (Å²) in [6, 6.07) is -0.648. The highest BCUT2D eigenvalue weighted by atomic mass is 16.3. The van der Waals surface area contributed by atoms with E-state index >= 15 is 0 Å². The molecule has 0 rings (SSSR count). The van der Waals surface area contributed by atoms with Crippen LogP contribution < -0.4 is 5.32 Å². The Hall–Kier alpha value is -1.91. The lowest BCUT2D eigenvalue weighted by molar-refractivity contribution is -0.123. The molecular weight excluding hydrogens is 915 g/mol. The first kappa shape index (κ1) is 73.1. The Bertz CT molecular complexity index is 1230. The van der Waals surface area contributed by atoms with Gasteiger partial charge in [-0.05, 0) is 77.0 Å². The molecule has 0 heterocycles. The van der Waals surface area contributed by atoms with Gasteiger partial charge in [0.25, 0.3) is 0 Å². The van der Waals surface area contributed by atoms with Crippen molar-refractivity contribution in [3.63, 3.8) is 0 Å². The fraction of sp³-hybridized carbons (Fsp3) is 0.845. The molecule has 0 spiro atoms. The summed E-state index contributed by atoms with van der Waals surface area (Å²) < 4.78 is 0. The number of hydrogen-bond donors (Lipinski definition) is 3. The van der Waals surface area contributed by atoms with Crippen molar-refractivity contribution in [1.29, 1.82) is 0 Å². The largest absolute Gasteiger partial charge is 0.394 e. The summed E-state index contributed by atoms with van der Waals surface area (Å²) in [4.78, 5) is 12.5. The lowest BCUT2D eigenvalue weighted by Crippen LogP contribution is -2.45. The highest BCUT2D eigenvalue weighted by Gasteiger charge is 2.18. The van der Waals surface area contributed by atoms with Crippen LogP contribution in [0, 0.1) is 0 Å². The first-order valence-electron chi connectivity index (χ1n) is 34.0. The fourth-order valence-electron chi connectivity index (χ4n) is 10.5. The molecule has 0 bridgehead atoms. The van der Waals surface area contributed by atoms with E-state index in [0.29, 0.717) is 6.42 Å². The van der Waals surface area contributed by atoms with E-state index in [4.69, 9.17) is 0 Å². The van der Waals surface area contributed by atoms with Crippen LogP contribution in [0.25, 0.3) is 0 Å². The zero-order valence-electron chi connectivity index (χ0n) is 50.8. The summed E-state index contributed by atoms with van der Waals surface area (Å²) in [5, 5.41) is 23.2. The van der Waals surface area contributed by atoms with E-state index < -0.39 is 12.1 Å². The molecule has 0 aliphatic heterocycles. The predicted octanol–water partition coefficient (Wildman–Crippen LogP) is 23.1. The van der Waals surface area contributed by atoms with Gasteiger partial charge in [0.2, 0.25) is 5.91 Å². The zero-order valence-corrected chi connectivity index (χ0v) is 50.8. The number of amides is 1. The smallest absolute Gasteiger partial charge is 0.220 e. The van der Waals surface area contributed by atoms with E-state index in [1.807, 2.05) is 6.08 Å². The Morgan fingerprint density at radius 3 is 0.853 bits per heavy atom. The first-order chi connectivity index (χ1) is 37.2. The van der Waals surface area contributed by atoms with Crippen molar-refractivity contribution in [2.24, 2.45) is 0 Å². The van der Waals surface area contributed by atoms with Crippen molar-refractivity contribution in [1.82, 2.24) is 5.32 Å². The van der Waals surface area contributed by atoms with Crippen molar-refractivity contribution < 1.29 is 15.0 Å². The fourth-order valence-corrected chi connectivity index (χ4v) is 10.5. The highest BCUT2D eigenvalue weighted by molar-refractivity contribution is 5.76. The standard InChI is InChI=1S/C71H133NO3/c1-3-5-7-9-11-13-15-17-19-21-23-25-27-29-31-33-35-37-38-40-42-44-46-48-50-52-54-56-58-60-62-64-66-70(74)69(68-73)72-71(75)67-65-63-61-59-57-55-53-51-49-47-45-43-41-39-36-34-32-30-28-26-24-22-20-18-16-14-12-10-8-6-4-2/h16,18,22,24,48,50,56,58,64,66,69-70,73-74H,3-15,17,19-21,23,25-47,49,51-55,57,59-63,65,67-68H2,1-2H3,(H,72,75)/b18-16-,24-22-,50-48+,58-56+,66-64+. The second-order valence-corrected chi connectivity index (χ2v) is 23.2. The van der Waals surface area contributed by atoms with E-state index in [1.165, 1.54) is 302 Å². The maximum Gasteiger partial charge on any atom is 0.220 e. The van der Waals surface area contributed by atoms with Crippen LogP contribution in [-0.4, -0.2) is 34.9 Å². The number of rotatable bonds is 63. The third kappa shape index (κ3) is 62.8. The number of unbranched alkanes of at least 4 members (excludes halogenated alkanes) is 48. The van der Waals surface area contributed by atoms with Gasteiger partial charge in [-0.25, -0.2) is 0 Å². The van der Waals surface area contributed by atoms with Crippen LogP contribution in [0.2, 0.25) is 0 Å². The number of allylic oxidation sites excluding steroid dienone is 9. The molecule has 0 aliphatic rings. The average Bonchev–Trinajstić information content (AvgIpc) is 3.41. The van der Waals surface area contributed by atoms with Gasteiger partial charge in [0, 0.05) is 6.42 Å². The number of carbonyl (C=O) groups excluding carboxylic acids is 1. The summed E-state index contributed by atoms with van der Waals surface area (Å²) >= 11 is 0. The minimum atomic E-state index is -0.873. The molecule has 440 valence electrons. The first-order valence-corrected chi connectivity index (χ1v) is 34.0. The molecule has 0 aliphatic carbocycles. The average molecular weight is 1050 g/mol. The van der Waals surface area contributed by atoms with Crippen molar-refractivity contribution in [3.05, 3.63) is 60.8 Å². The lowest BCUT2D eigenvalue weighted by atomic mass is 10.0. The Morgan fingerprint density at radius 1 is 0.320 bits per heavy atom. The number of aliphatic hydroxyl groups is 2. The highest BCUT2D eigenvalue weighted by Crippen LogP contribution is 2.18. The normalized spacial score (nSPS) is 13.1. The van der Waals surface area contributed by atoms with Crippen LogP contribution >= 0.6 is 0 Å². The monoisotopic (exact) mass is 1050 g/mol. The molecule has 0 aromatic rings. The van der Waals surface area contributed by atoms with Crippen LogP contribution in [0.4, 0.5) is 0 Å². The second-order valence-electron chi connectivity index (χ2n) is 23.2. The van der Waals surface area contributed by atoms with Crippen molar-refractivity contribution >= 4 is 5.91 Å². The maximum absolute atomic E-state index is 12.5. The van der Waals surface area contributed by atoms with Crippen LogP contribution in [0.3, 0.4) is 0 Å². The van der Waals surface area contributed by atoms with Crippen LogP contribution in [-0.2, 0) is 4.79 Å². The molecule has 0 aromatic carbocycles. The van der Waals surface area contributed by atoms with E-state index in [1.54, 1.807) is 6.08 Å². The SMILES string of the molecule is CCCCCCC/C=C\C/C=C\CCCCCCCCCCCCCCCCCCCCCC(=O)NC(CO)C(O)/C=C/CC/C=C/CC/C=C/CCCCCCCCCCCCCCCCCCCCCCCC. The number of nitrogens with one attached hydrogen (secondary N) is 1. The van der Waals surface area contributed by atoms with Crippen LogP contribution in [0.1, 0.15) is 367 Å². The van der Waals surface area contributed by atoms with E-state index in [-0.39, 0.29) is 12.5 Å². The molecule has 4 nitrogen and oxygen atoms in total. The van der Waals surface area contributed by atoms with Crippen LogP contribution in [0.15, 0.2) is 60.8 Å². The molecule has 3 N–H and O–H groups in total. The second kappa shape index (κ2) is 66.4. The van der Waals surface area contributed by atoms with Crippen LogP contribution in [0.5, 0.6) is 0 Å². The van der Waals surface area contributed by atoms with Crippen molar-refractivity contribution in [2.75, 3.05) is 6.61 Å². The van der Waals surface area contributed by atoms with Gasteiger partial charge in [-0.15, -0.1) is 0 Å². The zero-order chi connectivity index (χ0) is 54.1. The minimum absolute atomic E-state index is 0.0728. The molecule has 0 saturated heterocycles.